The third kappa shape index (κ3) is 3.20. The summed E-state index contributed by atoms with van der Waals surface area (Å²) in [5, 5.41) is 0.974. The van der Waals surface area contributed by atoms with Crippen LogP contribution in [-0.2, 0) is 0 Å². The van der Waals surface area contributed by atoms with Gasteiger partial charge in [0, 0.05) is 43.2 Å². The highest BCUT2D eigenvalue weighted by Crippen LogP contribution is 2.27. The molecule has 1 amide bonds. The minimum absolute atomic E-state index is 0.0843. The maximum absolute atomic E-state index is 12.6. The quantitative estimate of drug-likeness (QED) is 0.850. The third-order valence-corrected chi connectivity index (χ3v) is 4.69. The summed E-state index contributed by atoms with van der Waals surface area (Å²) in [4.78, 5) is 16.5. The molecule has 0 spiro atoms. The predicted molar refractivity (Wildman–Crippen MR) is 87.6 cm³/mol. The van der Waals surface area contributed by atoms with E-state index in [1.807, 2.05) is 47.8 Å². The zero-order chi connectivity index (χ0) is 14.9. The average molecular weight is 293 g/mol. The average Bonchev–Trinajstić information content (AvgIpc) is 2.36. The highest BCUT2D eigenvalue weighted by Gasteiger charge is 2.26. The lowest BCUT2D eigenvalue weighted by molar-refractivity contribution is 0.0753. The van der Waals surface area contributed by atoms with Gasteiger partial charge in [0.05, 0.1) is 11.4 Å². The molecule has 1 aromatic carbocycles. The first-order valence-electron chi connectivity index (χ1n) is 6.90. The van der Waals surface area contributed by atoms with Gasteiger partial charge in [0.1, 0.15) is 0 Å². The van der Waals surface area contributed by atoms with Crippen LogP contribution in [0.3, 0.4) is 0 Å². The van der Waals surface area contributed by atoms with E-state index in [0.29, 0.717) is 21.8 Å². The minimum atomic E-state index is 0.0843. The van der Waals surface area contributed by atoms with Gasteiger partial charge in [0.25, 0.3) is 5.91 Å². The van der Waals surface area contributed by atoms with Crippen LogP contribution in [0.4, 0.5) is 11.4 Å². The number of thioether (sulfide) groups is 1. The second kappa shape index (κ2) is 5.95. The first-order valence-corrected chi connectivity index (χ1v) is 7.84. The molecule has 2 atom stereocenters. The highest BCUT2D eigenvalue weighted by molar-refractivity contribution is 8.00. The van der Waals surface area contributed by atoms with Crippen molar-refractivity contribution in [1.82, 2.24) is 4.90 Å². The molecule has 5 heteroatoms. The Labute approximate surface area is 125 Å². The fraction of sp³-hybridized carbons (Fsp3) is 0.533. The molecule has 1 aliphatic heterocycles. The zero-order valence-electron chi connectivity index (χ0n) is 12.6. The van der Waals surface area contributed by atoms with Crippen LogP contribution >= 0.6 is 11.8 Å². The number of hydrogen-bond donors (Lipinski definition) is 1. The first kappa shape index (κ1) is 15.0. The second-order valence-corrected chi connectivity index (χ2v) is 7.52. The van der Waals surface area contributed by atoms with E-state index in [1.54, 1.807) is 6.07 Å². The Hall–Kier alpha value is -1.36. The number of anilines is 2. The number of nitrogens with zero attached hydrogens (tertiary/aromatic N) is 2. The second-order valence-electron chi connectivity index (χ2n) is 5.64. The molecule has 1 aromatic rings. The van der Waals surface area contributed by atoms with E-state index in [1.165, 1.54) is 0 Å². The molecule has 1 saturated heterocycles. The van der Waals surface area contributed by atoms with Crippen LogP contribution in [0.2, 0.25) is 0 Å². The molecule has 1 fully saturated rings. The van der Waals surface area contributed by atoms with Crippen LogP contribution in [0, 0.1) is 0 Å². The molecule has 0 aromatic heterocycles. The van der Waals surface area contributed by atoms with E-state index in [-0.39, 0.29) is 5.91 Å². The Balaban J connectivity index is 2.19. The molecule has 0 aliphatic carbocycles. The lowest BCUT2D eigenvalue weighted by atomic mass is 10.1. The van der Waals surface area contributed by atoms with Crippen molar-refractivity contribution in [3.8, 4) is 0 Å². The summed E-state index contributed by atoms with van der Waals surface area (Å²) in [6.45, 7) is 5.96. The van der Waals surface area contributed by atoms with Gasteiger partial charge in [0.2, 0.25) is 0 Å². The summed E-state index contributed by atoms with van der Waals surface area (Å²) in [6.07, 6.45) is 0. The Morgan fingerprint density at radius 1 is 1.30 bits per heavy atom. The van der Waals surface area contributed by atoms with E-state index >= 15 is 0 Å². The van der Waals surface area contributed by atoms with Crippen LogP contribution in [0.5, 0.6) is 0 Å². The van der Waals surface area contributed by atoms with Gasteiger partial charge in [-0.1, -0.05) is 13.8 Å². The molecule has 1 heterocycles. The summed E-state index contributed by atoms with van der Waals surface area (Å²) in [5.74, 6) is 0.0843. The van der Waals surface area contributed by atoms with Gasteiger partial charge >= 0.3 is 0 Å². The lowest BCUT2D eigenvalue weighted by Crippen LogP contribution is -2.44. The molecule has 20 heavy (non-hydrogen) atoms. The van der Waals surface area contributed by atoms with Crippen LogP contribution in [0.25, 0.3) is 0 Å². The molecule has 2 N–H and O–H groups in total. The summed E-state index contributed by atoms with van der Waals surface area (Å²) >= 11 is 1.94. The van der Waals surface area contributed by atoms with Gasteiger partial charge in [-0.2, -0.15) is 11.8 Å². The van der Waals surface area contributed by atoms with E-state index in [0.717, 1.165) is 18.8 Å². The van der Waals surface area contributed by atoms with Crippen LogP contribution in [-0.4, -0.2) is 48.5 Å². The number of nitrogens with two attached hydrogens (primary N) is 1. The molecule has 0 radical (unpaired) electrons. The Morgan fingerprint density at radius 3 is 2.40 bits per heavy atom. The monoisotopic (exact) mass is 293 g/mol. The van der Waals surface area contributed by atoms with Gasteiger partial charge in [-0.25, -0.2) is 0 Å². The van der Waals surface area contributed by atoms with Crippen LogP contribution in [0.1, 0.15) is 24.2 Å². The molecule has 2 rings (SSSR count). The van der Waals surface area contributed by atoms with Gasteiger partial charge in [-0.3, -0.25) is 4.79 Å². The smallest absolute Gasteiger partial charge is 0.254 e. The fourth-order valence-corrected chi connectivity index (χ4v) is 3.95. The van der Waals surface area contributed by atoms with Crippen molar-refractivity contribution in [2.75, 3.05) is 37.8 Å². The first-order chi connectivity index (χ1) is 9.38. The SMILES string of the molecule is CC1CN(C(=O)c2ccc(N(C)C)c(N)c2)CC(C)S1. The number of nitrogen functional groups attached to an aromatic ring is 1. The maximum Gasteiger partial charge on any atom is 0.254 e. The van der Waals surface area contributed by atoms with E-state index in [4.69, 9.17) is 5.73 Å². The van der Waals surface area contributed by atoms with Crippen molar-refractivity contribution < 1.29 is 4.79 Å². The molecule has 2 unspecified atom stereocenters. The zero-order valence-corrected chi connectivity index (χ0v) is 13.4. The normalized spacial score (nSPS) is 22.7. The highest BCUT2D eigenvalue weighted by atomic mass is 32.2. The number of amides is 1. The van der Waals surface area contributed by atoms with Gasteiger partial charge in [-0.15, -0.1) is 0 Å². The molecule has 110 valence electrons. The Morgan fingerprint density at radius 2 is 1.90 bits per heavy atom. The van der Waals surface area contributed by atoms with Crippen molar-refractivity contribution in [1.29, 1.82) is 0 Å². The molecule has 1 aliphatic rings. The Bertz CT molecular complexity index is 494. The summed E-state index contributed by atoms with van der Waals surface area (Å²) in [6, 6.07) is 5.56. The van der Waals surface area contributed by atoms with Crippen molar-refractivity contribution in [2.24, 2.45) is 0 Å². The van der Waals surface area contributed by atoms with Gasteiger partial charge in [-0.05, 0) is 18.2 Å². The summed E-state index contributed by atoms with van der Waals surface area (Å²) in [5.41, 5.74) is 8.30. The van der Waals surface area contributed by atoms with Crippen LogP contribution < -0.4 is 10.6 Å². The van der Waals surface area contributed by atoms with Crippen molar-refractivity contribution in [3.05, 3.63) is 23.8 Å². The predicted octanol–water partition coefficient (Wildman–Crippen LogP) is 2.30. The van der Waals surface area contributed by atoms with Crippen molar-refractivity contribution in [3.63, 3.8) is 0 Å². The van der Waals surface area contributed by atoms with Crippen LogP contribution in [0.15, 0.2) is 18.2 Å². The maximum atomic E-state index is 12.6. The molecular formula is C15H23N3OS. The summed E-state index contributed by atoms with van der Waals surface area (Å²) in [7, 11) is 3.89. The molecule has 4 nitrogen and oxygen atoms in total. The number of rotatable bonds is 2. The largest absolute Gasteiger partial charge is 0.397 e. The Kier molecular flexibility index (Phi) is 4.48. The van der Waals surface area contributed by atoms with Gasteiger partial charge < -0.3 is 15.5 Å². The van der Waals surface area contributed by atoms with Gasteiger partial charge in [0.15, 0.2) is 0 Å². The number of benzene rings is 1. The number of hydrogen-bond acceptors (Lipinski definition) is 4. The standard InChI is InChI=1S/C15H23N3OS/c1-10-8-18(9-11(2)20-10)15(19)12-5-6-14(17(3)4)13(16)7-12/h5-7,10-11H,8-9,16H2,1-4H3. The fourth-order valence-electron chi connectivity index (χ4n) is 2.62. The number of carbonyl (C=O) groups is 1. The van der Waals surface area contributed by atoms with E-state index < -0.39 is 0 Å². The molecule has 0 bridgehead atoms. The topological polar surface area (TPSA) is 49.6 Å². The molecular weight excluding hydrogens is 270 g/mol. The van der Waals surface area contributed by atoms with Crippen molar-refractivity contribution in [2.45, 2.75) is 24.3 Å². The van der Waals surface area contributed by atoms with E-state index in [9.17, 15) is 4.79 Å². The molecule has 0 saturated carbocycles. The van der Waals surface area contributed by atoms with Crippen molar-refractivity contribution >= 4 is 29.0 Å². The lowest BCUT2D eigenvalue weighted by Gasteiger charge is -2.34. The number of carbonyl (C=O) groups excluding carboxylic acids is 1. The summed E-state index contributed by atoms with van der Waals surface area (Å²) < 4.78 is 0. The van der Waals surface area contributed by atoms with E-state index in [2.05, 4.69) is 13.8 Å². The minimum Gasteiger partial charge on any atom is -0.397 e. The third-order valence-electron chi connectivity index (χ3n) is 3.46.